The van der Waals surface area contributed by atoms with Gasteiger partial charge in [-0.3, -0.25) is 4.79 Å². The zero-order valence-electron chi connectivity index (χ0n) is 10.6. The summed E-state index contributed by atoms with van der Waals surface area (Å²) in [4.78, 5) is 18.0. The van der Waals surface area contributed by atoms with Crippen LogP contribution in [-0.4, -0.2) is 36.4 Å². The summed E-state index contributed by atoms with van der Waals surface area (Å²) in [6.45, 7) is 3.08. The minimum atomic E-state index is 0.0549. The second kappa shape index (κ2) is 4.73. The molecule has 2 unspecified atom stereocenters. The van der Waals surface area contributed by atoms with Gasteiger partial charge in [0, 0.05) is 26.8 Å². The highest BCUT2D eigenvalue weighted by molar-refractivity contribution is 5.93. The normalized spacial score (nSPS) is 22.1. The van der Waals surface area contributed by atoms with E-state index in [-0.39, 0.29) is 5.91 Å². The number of nitrogens with zero attached hydrogens (tertiary/aromatic N) is 2. The number of pyridine rings is 1. The molecule has 2 rings (SSSR count). The highest BCUT2D eigenvalue weighted by atomic mass is 16.2. The number of anilines is 1. The lowest BCUT2D eigenvalue weighted by Gasteiger charge is -2.17. The summed E-state index contributed by atoms with van der Waals surface area (Å²) in [6.07, 6.45) is 2.87. The molecule has 0 spiro atoms. The van der Waals surface area contributed by atoms with Gasteiger partial charge in [0.2, 0.25) is 0 Å². The zero-order chi connectivity index (χ0) is 12.4. The Morgan fingerprint density at radius 2 is 2.29 bits per heavy atom. The number of aromatic nitrogens is 1. The molecule has 4 nitrogen and oxygen atoms in total. The minimum Gasteiger partial charge on any atom is -0.373 e. The predicted octanol–water partition coefficient (Wildman–Crippen LogP) is 1.85. The zero-order valence-corrected chi connectivity index (χ0v) is 10.6. The average molecular weight is 233 g/mol. The third kappa shape index (κ3) is 2.75. The van der Waals surface area contributed by atoms with Crippen molar-refractivity contribution in [3.8, 4) is 0 Å². The van der Waals surface area contributed by atoms with Crippen LogP contribution in [0.2, 0.25) is 0 Å². The molecule has 0 radical (unpaired) electrons. The van der Waals surface area contributed by atoms with Crippen LogP contribution in [0.5, 0.6) is 0 Å². The summed E-state index contributed by atoms with van der Waals surface area (Å²) >= 11 is 0. The fourth-order valence-electron chi connectivity index (χ4n) is 1.98. The Bertz CT molecular complexity index is 402. The summed E-state index contributed by atoms with van der Waals surface area (Å²) in [5.74, 6) is 2.29. The number of hydrogen-bond donors (Lipinski definition) is 1. The Kier molecular flexibility index (Phi) is 3.31. The van der Waals surface area contributed by atoms with E-state index in [0.29, 0.717) is 11.5 Å². The van der Waals surface area contributed by atoms with Crippen molar-refractivity contribution in [1.29, 1.82) is 0 Å². The molecule has 1 saturated carbocycles. The molecule has 1 aromatic rings. The third-order valence-electron chi connectivity index (χ3n) is 3.40. The fraction of sp³-hybridized carbons (Fsp3) is 0.538. The Morgan fingerprint density at radius 1 is 1.59 bits per heavy atom. The van der Waals surface area contributed by atoms with Crippen molar-refractivity contribution in [3.63, 3.8) is 0 Å². The Hall–Kier alpha value is -1.58. The molecule has 0 aliphatic heterocycles. The van der Waals surface area contributed by atoms with Gasteiger partial charge in [0.1, 0.15) is 5.82 Å². The van der Waals surface area contributed by atoms with Crippen molar-refractivity contribution in [3.05, 3.63) is 23.9 Å². The number of hydrogen-bond acceptors (Lipinski definition) is 3. The summed E-state index contributed by atoms with van der Waals surface area (Å²) in [5.41, 5.74) is 0.653. The van der Waals surface area contributed by atoms with Crippen LogP contribution in [0.15, 0.2) is 18.3 Å². The van der Waals surface area contributed by atoms with E-state index in [1.54, 1.807) is 11.1 Å². The molecule has 2 atom stereocenters. The first-order valence-electron chi connectivity index (χ1n) is 6.01. The summed E-state index contributed by atoms with van der Waals surface area (Å²) in [6, 6.07) is 3.63. The molecule has 1 aliphatic carbocycles. The molecule has 1 amide bonds. The van der Waals surface area contributed by atoms with Crippen LogP contribution in [0, 0.1) is 11.8 Å². The van der Waals surface area contributed by atoms with Crippen LogP contribution in [-0.2, 0) is 0 Å². The summed E-state index contributed by atoms with van der Waals surface area (Å²) in [7, 11) is 3.67. The van der Waals surface area contributed by atoms with Crippen molar-refractivity contribution in [2.24, 2.45) is 11.8 Å². The molecule has 1 fully saturated rings. The SMILES string of the molecule is CNc1ccc(C(=O)N(C)CC2CC2C)cn1. The van der Waals surface area contributed by atoms with Gasteiger partial charge in [-0.1, -0.05) is 6.92 Å². The maximum absolute atomic E-state index is 12.1. The number of nitrogens with one attached hydrogen (secondary N) is 1. The van der Waals surface area contributed by atoms with Crippen molar-refractivity contribution >= 4 is 11.7 Å². The number of carbonyl (C=O) groups is 1. The highest BCUT2D eigenvalue weighted by Crippen LogP contribution is 2.38. The molecule has 1 heterocycles. The Labute approximate surface area is 102 Å². The Morgan fingerprint density at radius 3 is 2.76 bits per heavy atom. The largest absolute Gasteiger partial charge is 0.373 e. The van der Waals surface area contributed by atoms with E-state index in [9.17, 15) is 4.79 Å². The minimum absolute atomic E-state index is 0.0549. The molecule has 0 aromatic carbocycles. The van der Waals surface area contributed by atoms with Gasteiger partial charge in [0.25, 0.3) is 5.91 Å². The first-order valence-corrected chi connectivity index (χ1v) is 6.01. The predicted molar refractivity (Wildman–Crippen MR) is 68.0 cm³/mol. The van der Waals surface area contributed by atoms with Crippen LogP contribution in [0.4, 0.5) is 5.82 Å². The topological polar surface area (TPSA) is 45.2 Å². The van der Waals surface area contributed by atoms with Crippen molar-refractivity contribution in [1.82, 2.24) is 9.88 Å². The van der Waals surface area contributed by atoms with E-state index in [2.05, 4.69) is 17.2 Å². The molecule has 0 bridgehead atoms. The van der Waals surface area contributed by atoms with Crippen LogP contribution < -0.4 is 5.32 Å². The lowest BCUT2D eigenvalue weighted by atomic mass is 10.2. The summed E-state index contributed by atoms with van der Waals surface area (Å²) < 4.78 is 0. The van der Waals surface area contributed by atoms with Crippen molar-refractivity contribution < 1.29 is 4.79 Å². The molecular formula is C13H19N3O. The van der Waals surface area contributed by atoms with Crippen LogP contribution in [0.1, 0.15) is 23.7 Å². The van der Waals surface area contributed by atoms with Gasteiger partial charge >= 0.3 is 0 Å². The van der Waals surface area contributed by atoms with Gasteiger partial charge in [0.05, 0.1) is 5.56 Å². The molecule has 4 heteroatoms. The van der Waals surface area contributed by atoms with Crippen LogP contribution >= 0.6 is 0 Å². The van der Waals surface area contributed by atoms with E-state index < -0.39 is 0 Å². The van der Waals surface area contributed by atoms with Gasteiger partial charge in [0.15, 0.2) is 0 Å². The van der Waals surface area contributed by atoms with Crippen LogP contribution in [0.25, 0.3) is 0 Å². The molecule has 1 aliphatic rings. The van der Waals surface area contributed by atoms with Crippen molar-refractivity contribution in [2.45, 2.75) is 13.3 Å². The highest BCUT2D eigenvalue weighted by Gasteiger charge is 2.34. The fourth-order valence-corrected chi connectivity index (χ4v) is 1.98. The monoisotopic (exact) mass is 233 g/mol. The van der Waals surface area contributed by atoms with Gasteiger partial charge in [-0.25, -0.2) is 4.98 Å². The second-order valence-electron chi connectivity index (χ2n) is 4.84. The van der Waals surface area contributed by atoms with E-state index in [0.717, 1.165) is 18.3 Å². The lowest BCUT2D eigenvalue weighted by molar-refractivity contribution is 0.0786. The standard InChI is InChI=1S/C13H19N3O/c1-9-6-11(9)8-16(3)13(17)10-4-5-12(14-2)15-7-10/h4-5,7,9,11H,6,8H2,1-3H3,(H,14,15). The maximum atomic E-state index is 12.1. The smallest absolute Gasteiger partial charge is 0.255 e. The molecular weight excluding hydrogens is 214 g/mol. The molecule has 17 heavy (non-hydrogen) atoms. The van der Waals surface area contributed by atoms with E-state index in [1.807, 2.05) is 26.2 Å². The summed E-state index contributed by atoms with van der Waals surface area (Å²) in [5, 5.41) is 2.93. The number of carbonyl (C=O) groups excluding carboxylic acids is 1. The Balaban J connectivity index is 1.97. The third-order valence-corrected chi connectivity index (χ3v) is 3.40. The van der Waals surface area contributed by atoms with E-state index in [1.165, 1.54) is 6.42 Å². The van der Waals surface area contributed by atoms with E-state index in [4.69, 9.17) is 0 Å². The average Bonchev–Trinajstić information content (AvgIpc) is 3.04. The van der Waals surface area contributed by atoms with Crippen LogP contribution in [0.3, 0.4) is 0 Å². The first kappa shape index (κ1) is 11.9. The van der Waals surface area contributed by atoms with Gasteiger partial charge in [-0.2, -0.15) is 0 Å². The van der Waals surface area contributed by atoms with Gasteiger partial charge in [-0.05, 0) is 30.4 Å². The lowest BCUT2D eigenvalue weighted by Crippen LogP contribution is -2.29. The second-order valence-corrected chi connectivity index (χ2v) is 4.84. The molecule has 1 N–H and O–H groups in total. The van der Waals surface area contributed by atoms with Crippen molar-refractivity contribution in [2.75, 3.05) is 26.0 Å². The van der Waals surface area contributed by atoms with E-state index >= 15 is 0 Å². The number of rotatable bonds is 4. The first-order chi connectivity index (χ1) is 8.11. The van der Waals surface area contributed by atoms with Gasteiger partial charge < -0.3 is 10.2 Å². The van der Waals surface area contributed by atoms with Gasteiger partial charge in [-0.15, -0.1) is 0 Å². The molecule has 0 saturated heterocycles. The maximum Gasteiger partial charge on any atom is 0.255 e. The number of amides is 1. The quantitative estimate of drug-likeness (QED) is 0.863. The molecule has 1 aromatic heterocycles. The molecule has 92 valence electrons.